The molecule has 4 nitrogen and oxygen atoms in total. The second kappa shape index (κ2) is 10.6. The third-order valence-corrected chi connectivity index (χ3v) is 6.17. The summed E-state index contributed by atoms with van der Waals surface area (Å²) in [6.07, 6.45) is 6.97. The van der Waals surface area contributed by atoms with Crippen LogP contribution in [0.1, 0.15) is 22.7 Å². The maximum absolute atomic E-state index is 13.4. The molecule has 0 unspecified atom stereocenters. The molecule has 0 spiro atoms. The van der Waals surface area contributed by atoms with Gasteiger partial charge in [-0.15, -0.1) is 0 Å². The van der Waals surface area contributed by atoms with E-state index >= 15 is 0 Å². The average Bonchev–Trinajstić information content (AvgIpc) is 2.83. The number of urea groups is 1. The lowest BCUT2D eigenvalue weighted by atomic mass is 9.91. The van der Waals surface area contributed by atoms with E-state index in [-0.39, 0.29) is 11.8 Å². The van der Waals surface area contributed by atoms with Crippen molar-refractivity contribution >= 4 is 55.8 Å². The molecule has 0 bridgehead atoms. The highest BCUT2D eigenvalue weighted by atomic mass is 79.9. The third-order valence-electron chi connectivity index (χ3n) is 5.11. The molecule has 2 N–H and O–H groups in total. The number of allylic oxidation sites excluding steroid dienone is 2. The number of ketones is 1. The lowest BCUT2D eigenvalue weighted by molar-refractivity contribution is -0.111. The van der Waals surface area contributed by atoms with Gasteiger partial charge in [0.1, 0.15) is 0 Å². The molecule has 3 aromatic rings. The first-order valence-corrected chi connectivity index (χ1v) is 11.9. The van der Waals surface area contributed by atoms with Crippen molar-refractivity contribution in [3.8, 4) is 0 Å². The van der Waals surface area contributed by atoms with Crippen LogP contribution in [0.5, 0.6) is 0 Å². The molecular weight excluding hydrogens is 544 g/mol. The highest BCUT2D eigenvalue weighted by molar-refractivity contribution is 9.10. The number of carbonyl (C=O) groups is 2. The van der Waals surface area contributed by atoms with E-state index in [1.54, 1.807) is 18.2 Å². The minimum absolute atomic E-state index is 0.185. The van der Waals surface area contributed by atoms with E-state index in [0.717, 1.165) is 25.6 Å². The summed E-state index contributed by atoms with van der Waals surface area (Å²) in [4.78, 5) is 25.9. The van der Waals surface area contributed by atoms with Crippen LogP contribution in [-0.4, -0.2) is 11.8 Å². The fraction of sp³-hybridized carbons (Fsp3) is 0.0370. The average molecular weight is 564 g/mol. The van der Waals surface area contributed by atoms with Gasteiger partial charge in [-0.1, -0.05) is 98.6 Å². The Morgan fingerprint density at radius 1 is 0.758 bits per heavy atom. The summed E-state index contributed by atoms with van der Waals surface area (Å²) in [5, 5.41) is 5.70. The summed E-state index contributed by atoms with van der Waals surface area (Å²) in [5.41, 5.74) is 3.64. The van der Waals surface area contributed by atoms with Crippen LogP contribution in [0.15, 0.2) is 111 Å². The first kappa shape index (κ1) is 23.0. The van der Waals surface area contributed by atoms with Gasteiger partial charge in [-0.25, -0.2) is 4.79 Å². The van der Waals surface area contributed by atoms with Gasteiger partial charge >= 0.3 is 6.03 Å². The quantitative estimate of drug-likeness (QED) is 0.323. The Morgan fingerprint density at radius 2 is 1.33 bits per heavy atom. The molecule has 33 heavy (non-hydrogen) atoms. The van der Waals surface area contributed by atoms with E-state index in [4.69, 9.17) is 0 Å². The van der Waals surface area contributed by atoms with Gasteiger partial charge in [0.05, 0.1) is 11.7 Å². The lowest BCUT2D eigenvalue weighted by Gasteiger charge is -2.28. The summed E-state index contributed by atoms with van der Waals surface area (Å²) in [7, 11) is 0. The van der Waals surface area contributed by atoms with Gasteiger partial charge in [0.2, 0.25) is 0 Å². The molecule has 0 aromatic heterocycles. The molecule has 0 radical (unpaired) electrons. The first-order chi connectivity index (χ1) is 16.0. The number of amides is 2. The van der Waals surface area contributed by atoms with Crippen LogP contribution >= 0.6 is 31.9 Å². The molecule has 1 aliphatic heterocycles. The van der Waals surface area contributed by atoms with Crippen LogP contribution in [0.2, 0.25) is 0 Å². The van der Waals surface area contributed by atoms with Crippen LogP contribution in [0.25, 0.3) is 12.2 Å². The topological polar surface area (TPSA) is 58.2 Å². The van der Waals surface area contributed by atoms with Crippen LogP contribution in [0.4, 0.5) is 4.79 Å². The molecule has 2 amide bonds. The predicted molar refractivity (Wildman–Crippen MR) is 139 cm³/mol. The van der Waals surface area contributed by atoms with E-state index < -0.39 is 6.04 Å². The first-order valence-electron chi connectivity index (χ1n) is 10.3. The van der Waals surface area contributed by atoms with Crippen LogP contribution < -0.4 is 10.6 Å². The second-order valence-electron chi connectivity index (χ2n) is 7.40. The number of hydrogen-bond acceptors (Lipinski definition) is 2. The maximum Gasteiger partial charge on any atom is 0.320 e. The zero-order valence-corrected chi connectivity index (χ0v) is 20.6. The van der Waals surface area contributed by atoms with Crippen molar-refractivity contribution in [3.05, 3.63) is 128 Å². The molecule has 0 saturated carbocycles. The van der Waals surface area contributed by atoms with E-state index in [1.807, 2.05) is 84.9 Å². The molecule has 0 saturated heterocycles. The van der Waals surface area contributed by atoms with Crippen molar-refractivity contribution in [1.82, 2.24) is 10.6 Å². The smallest absolute Gasteiger partial charge is 0.320 e. The van der Waals surface area contributed by atoms with Gasteiger partial charge in [0.25, 0.3) is 0 Å². The molecule has 6 heteroatoms. The van der Waals surface area contributed by atoms with Gasteiger partial charge in [0.15, 0.2) is 5.78 Å². The zero-order valence-electron chi connectivity index (χ0n) is 17.5. The summed E-state index contributed by atoms with van der Waals surface area (Å²) in [6, 6.07) is 24.0. The number of rotatable bonds is 6. The molecule has 0 aliphatic carbocycles. The maximum atomic E-state index is 13.4. The molecule has 164 valence electrons. The van der Waals surface area contributed by atoms with Crippen molar-refractivity contribution in [2.24, 2.45) is 0 Å². The Balaban J connectivity index is 1.74. The van der Waals surface area contributed by atoms with Crippen molar-refractivity contribution in [2.45, 2.75) is 6.04 Å². The van der Waals surface area contributed by atoms with Gasteiger partial charge in [-0.3, -0.25) is 4.79 Å². The predicted octanol–water partition coefficient (Wildman–Crippen LogP) is 6.82. The Morgan fingerprint density at radius 3 is 1.94 bits per heavy atom. The molecule has 0 fully saturated rings. The zero-order chi connectivity index (χ0) is 23.2. The van der Waals surface area contributed by atoms with Gasteiger partial charge < -0.3 is 10.6 Å². The van der Waals surface area contributed by atoms with Crippen molar-refractivity contribution in [1.29, 1.82) is 0 Å². The van der Waals surface area contributed by atoms with Crippen LogP contribution in [0, 0.1) is 0 Å². The van der Waals surface area contributed by atoms with Crippen LogP contribution in [0.3, 0.4) is 0 Å². The van der Waals surface area contributed by atoms with Gasteiger partial charge in [0, 0.05) is 14.5 Å². The summed E-state index contributed by atoms with van der Waals surface area (Å²) < 4.78 is 1.95. The van der Waals surface area contributed by atoms with Crippen molar-refractivity contribution in [2.75, 3.05) is 0 Å². The van der Waals surface area contributed by atoms with Crippen molar-refractivity contribution in [3.63, 3.8) is 0 Å². The normalized spacial score (nSPS) is 16.2. The van der Waals surface area contributed by atoms with E-state index in [2.05, 4.69) is 42.5 Å². The Labute approximate surface area is 209 Å². The number of halogens is 2. The Kier molecular flexibility index (Phi) is 7.37. The molecule has 3 aromatic carbocycles. The standard InChI is InChI=1S/C27H20Br2N2O2/c28-21-12-6-18(7-13-21)10-16-23-25(24(32)17-11-19-8-14-22(29)15-9-19)26(31-27(33)30-23)20-4-2-1-3-5-20/h1-17,26H,(H2,30,31,33)/b16-10+,17-11+/t26-/m1/s1. The van der Waals surface area contributed by atoms with Gasteiger partial charge in [-0.2, -0.15) is 0 Å². The Bertz CT molecular complexity index is 1250. The summed E-state index contributed by atoms with van der Waals surface area (Å²) >= 11 is 6.85. The molecule has 1 aliphatic rings. The number of nitrogens with one attached hydrogen (secondary N) is 2. The monoisotopic (exact) mass is 562 g/mol. The van der Waals surface area contributed by atoms with E-state index in [1.165, 1.54) is 0 Å². The molecule has 4 rings (SSSR count). The van der Waals surface area contributed by atoms with E-state index in [9.17, 15) is 9.59 Å². The molecule has 1 heterocycles. The summed E-state index contributed by atoms with van der Waals surface area (Å²) in [6.45, 7) is 0. The molecule has 1 atom stereocenters. The van der Waals surface area contributed by atoms with Gasteiger partial charge in [-0.05, 0) is 53.1 Å². The fourth-order valence-electron chi connectivity index (χ4n) is 3.48. The second-order valence-corrected chi connectivity index (χ2v) is 9.23. The third kappa shape index (κ3) is 5.97. The molecular formula is C27H20Br2N2O2. The van der Waals surface area contributed by atoms with Crippen LogP contribution in [-0.2, 0) is 4.79 Å². The Hall–Kier alpha value is -3.22. The number of hydrogen-bond donors (Lipinski definition) is 2. The lowest BCUT2D eigenvalue weighted by Crippen LogP contribution is -2.45. The number of benzene rings is 3. The number of carbonyl (C=O) groups excluding carboxylic acids is 2. The SMILES string of the molecule is O=C1NC(/C=C/c2ccc(Br)cc2)=C(C(=O)/C=C/c2ccc(Br)cc2)[C@@H](c2ccccc2)N1. The fourth-order valence-corrected chi connectivity index (χ4v) is 4.00. The highest BCUT2D eigenvalue weighted by Gasteiger charge is 2.30. The largest absolute Gasteiger partial charge is 0.327 e. The minimum Gasteiger partial charge on any atom is -0.327 e. The highest BCUT2D eigenvalue weighted by Crippen LogP contribution is 2.29. The minimum atomic E-state index is -0.563. The van der Waals surface area contributed by atoms with E-state index in [0.29, 0.717) is 11.3 Å². The van der Waals surface area contributed by atoms with Crippen molar-refractivity contribution < 1.29 is 9.59 Å². The summed E-state index contributed by atoms with van der Waals surface area (Å²) in [5.74, 6) is -0.185.